The predicted molar refractivity (Wildman–Crippen MR) is 100 cm³/mol. The highest BCUT2D eigenvalue weighted by Gasteiger charge is 2.22. The maximum atomic E-state index is 13.0. The number of piperazine rings is 1. The molecule has 2 heterocycles. The molecule has 1 aliphatic heterocycles. The largest absolute Gasteiger partial charge is 0.353 e. The molecule has 138 valence electrons. The first-order valence-electron chi connectivity index (χ1n) is 8.84. The topological polar surface area (TPSA) is 61.4 Å². The van der Waals surface area contributed by atoms with Crippen LogP contribution in [0.25, 0.3) is 0 Å². The van der Waals surface area contributed by atoms with Gasteiger partial charge in [-0.3, -0.25) is 0 Å². The average Bonchev–Trinajstić information content (AvgIpc) is 2.63. The summed E-state index contributed by atoms with van der Waals surface area (Å²) in [6.07, 6.45) is 0. The van der Waals surface area contributed by atoms with Gasteiger partial charge in [-0.1, -0.05) is 13.8 Å². The number of aryl methyl sites for hydroxylation is 1. The maximum Gasteiger partial charge on any atom is 0.321 e. The molecule has 2 amide bonds. The van der Waals surface area contributed by atoms with Crippen molar-refractivity contribution < 1.29 is 9.18 Å². The Labute approximate surface area is 153 Å². The second-order valence-electron chi connectivity index (χ2n) is 6.79. The summed E-state index contributed by atoms with van der Waals surface area (Å²) in [6.45, 7) is 8.77. The molecular formula is C19H24FN5O. The average molecular weight is 357 g/mol. The highest BCUT2D eigenvalue weighted by atomic mass is 19.1. The molecule has 0 unspecified atom stereocenters. The van der Waals surface area contributed by atoms with Gasteiger partial charge in [-0.2, -0.15) is 0 Å². The van der Waals surface area contributed by atoms with Crippen molar-refractivity contribution in [3.63, 3.8) is 0 Å². The fourth-order valence-corrected chi connectivity index (χ4v) is 2.87. The van der Waals surface area contributed by atoms with Crippen LogP contribution < -0.4 is 10.2 Å². The Kier molecular flexibility index (Phi) is 5.35. The van der Waals surface area contributed by atoms with Gasteiger partial charge in [-0.05, 0) is 31.2 Å². The first-order chi connectivity index (χ1) is 12.4. The second kappa shape index (κ2) is 7.68. The lowest BCUT2D eigenvalue weighted by atomic mass is 10.2. The van der Waals surface area contributed by atoms with E-state index in [2.05, 4.69) is 34.0 Å². The molecule has 6 nitrogen and oxygen atoms in total. The van der Waals surface area contributed by atoms with Crippen molar-refractivity contribution >= 4 is 17.5 Å². The van der Waals surface area contributed by atoms with Gasteiger partial charge in [0.25, 0.3) is 0 Å². The highest BCUT2D eigenvalue weighted by Crippen LogP contribution is 2.19. The standard InChI is InChI=1S/C19H24FN5O/c1-13(2)18-21-14(3)12-17(23-18)24-8-10-25(11-9-24)19(26)22-16-6-4-15(20)5-7-16/h4-7,12-13H,8-11H2,1-3H3,(H,22,26). The molecule has 2 aromatic rings. The summed E-state index contributed by atoms with van der Waals surface area (Å²) in [5.41, 5.74) is 1.54. The van der Waals surface area contributed by atoms with Gasteiger partial charge in [0, 0.05) is 49.5 Å². The quantitative estimate of drug-likeness (QED) is 0.915. The molecule has 0 spiro atoms. The number of nitrogens with one attached hydrogen (secondary N) is 1. The summed E-state index contributed by atoms with van der Waals surface area (Å²) < 4.78 is 13.0. The number of carbonyl (C=O) groups is 1. The van der Waals surface area contributed by atoms with E-state index in [1.165, 1.54) is 12.1 Å². The number of rotatable bonds is 3. The SMILES string of the molecule is Cc1cc(N2CCN(C(=O)Nc3ccc(F)cc3)CC2)nc(C(C)C)n1. The summed E-state index contributed by atoms with van der Waals surface area (Å²) in [5, 5.41) is 2.80. The Bertz CT molecular complexity index is 770. The minimum atomic E-state index is -0.322. The number of halogens is 1. The van der Waals surface area contributed by atoms with E-state index in [9.17, 15) is 9.18 Å². The fraction of sp³-hybridized carbons (Fsp3) is 0.421. The Morgan fingerprint density at radius 3 is 2.38 bits per heavy atom. The van der Waals surface area contributed by atoms with E-state index in [1.807, 2.05) is 13.0 Å². The van der Waals surface area contributed by atoms with Gasteiger partial charge in [-0.15, -0.1) is 0 Å². The van der Waals surface area contributed by atoms with Crippen LogP contribution in [-0.2, 0) is 0 Å². The lowest BCUT2D eigenvalue weighted by Gasteiger charge is -2.35. The van der Waals surface area contributed by atoms with Crippen LogP contribution in [0.15, 0.2) is 30.3 Å². The van der Waals surface area contributed by atoms with E-state index < -0.39 is 0 Å². The summed E-state index contributed by atoms with van der Waals surface area (Å²) >= 11 is 0. The van der Waals surface area contributed by atoms with E-state index in [1.54, 1.807) is 17.0 Å². The third kappa shape index (κ3) is 4.28. The third-order valence-corrected chi connectivity index (χ3v) is 4.36. The molecule has 3 rings (SSSR count). The summed E-state index contributed by atoms with van der Waals surface area (Å²) in [4.78, 5) is 25.5. The van der Waals surface area contributed by atoms with Crippen molar-refractivity contribution in [2.45, 2.75) is 26.7 Å². The number of aromatic nitrogens is 2. The summed E-state index contributed by atoms with van der Waals surface area (Å²) in [7, 11) is 0. The molecule has 0 saturated carbocycles. The maximum absolute atomic E-state index is 13.0. The Hall–Kier alpha value is -2.70. The second-order valence-corrected chi connectivity index (χ2v) is 6.79. The van der Waals surface area contributed by atoms with Crippen LogP contribution >= 0.6 is 0 Å². The molecule has 1 aromatic heterocycles. The van der Waals surface area contributed by atoms with Crippen LogP contribution in [0.5, 0.6) is 0 Å². The van der Waals surface area contributed by atoms with Crippen LogP contribution in [-0.4, -0.2) is 47.1 Å². The normalized spacial score (nSPS) is 14.7. The number of carbonyl (C=O) groups excluding carboxylic acids is 1. The van der Waals surface area contributed by atoms with Crippen molar-refractivity contribution in [2.75, 3.05) is 36.4 Å². The molecule has 0 aliphatic carbocycles. The number of benzene rings is 1. The van der Waals surface area contributed by atoms with Gasteiger partial charge >= 0.3 is 6.03 Å². The van der Waals surface area contributed by atoms with Gasteiger partial charge < -0.3 is 15.1 Å². The highest BCUT2D eigenvalue weighted by molar-refractivity contribution is 5.89. The first-order valence-corrected chi connectivity index (χ1v) is 8.84. The lowest BCUT2D eigenvalue weighted by Crippen LogP contribution is -2.50. The molecule has 0 atom stereocenters. The molecular weight excluding hydrogens is 333 g/mol. The Morgan fingerprint density at radius 2 is 1.77 bits per heavy atom. The third-order valence-electron chi connectivity index (χ3n) is 4.36. The van der Waals surface area contributed by atoms with Crippen molar-refractivity contribution in [3.05, 3.63) is 47.7 Å². The smallest absolute Gasteiger partial charge is 0.321 e. The van der Waals surface area contributed by atoms with Gasteiger partial charge in [0.1, 0.15) is 17.5 Å². The molecule has 7 heteroatoms. The predicted octanol–water partition coefficient (Wildman–Crippen LogP) is 3.40. The van der Waals surface area contributed by atoms with Crippen LogP contribution in [0.2, 0.25) is 0 Å². The van der Waals surface area contributed by atoms with Crippen molar-refractivity contribution in [1.82, 2.24) is 14.9 Å². The molecule has 1 aromatic carbocycles. The van der Waals surface area contributed by atoms with E-state index in [0.717, 1.165) is 17.3 Å². The van der Waals surface area contributed by atoms with Gasteiger partial charge in [-0.25, -0.2) is 19.2 Å². The molecule has 0 bridgehead atoms. The molecule has 26 heavy (non-hydrogen) atoms. The number of hydrogen-bond donors (Lipinski definition) is 1. The zero-order valence-corrected chi connectivity index (χ0v) is 15.4. The van der Waals surface area contributed by atoms with Crippen molar-refractivity contribution in [2.24, 2.45) is 0 Å². The Balaban J connectivity index is 1.60. The van der Waals surface area contributed by atoms with Crippen LogP contribution in [0.3, 0.4) is 0 Å². The first kappa shape index (κ1) is 18.1. The van der Waals surface area contributed by atoms with Crippen LogP contribution in [0.4, 0.5) is 20.7 Å². The van der Waals surface area contributed by atoms with E-state index in [0.29, 0.717) is 31.9 Å². The summed E-state index contributed by atoms with van der Waals surface area (Å²) in [6, 6.07) is 7.59. The minimum absolute atomic E-state index is 0.169. The van der Waals surface area contributed by atoms with Gasteiger partial charge in [0.15, 0.2) is 0 Å². The van der Waals surface area contributed by atoms with Crippen molar-refractivity contribution in [1.29, 1.82) is 0 Å². The molecule has 1 aliphatic rings. The van der Waals surface area contributed by atoms with Gasteiger partial charge in [0.2, 0.25) is 0 Å². The summed E-state index contributed by atoms with van der Waals surface area (Å²) in [5.74, 6) is 1.71. The fourth-order valence-electron chi connectivity index (χ4n) is 2.87. The number of urea groups is 1. The number of nitrogens with zero attached hydrogens (tertiary/aromatic N) is 4. The molecule has 0 radical (unpaired) electrons. The van der Waals surface area contributed by atoms with Crippen LogP contribution in [0.1, 0.15) is 31.3 Å². The monoisotopic (exact) mass is 357 g/mol. The lowest BCUT2D eigenvalue weighted by molar-refractivity contribution is 0.208. The number of anilines is 2. The number of hydrogen-bond acceptors (Lipinski definition) is 4. The van der Waals surface area contributed by atoms with Gasteiger partial charge in [0.05, 0.1) is 0 Å². The zero-order valence-electron chi connectivity index (χ0n) is 15.4. The zero-order chi connectivity index (χ0) is 18.7. The Morgan fingerprint density at radius 1 is 1.12 bits per heavy atom. The van der Waals surface area contributed by atoms with E-state index in [-0.39, 0.29) is 17.8 Å². The van der Waals surface area contributed by atoms with E-state index in [4.69, 9.17) is 0 Å². The molecule has 1 saturated heterocycles. The van der Waals surface area contributed by atoms with Crippen LogP contribution in [0, 0.1) is 12.7 Å². The minimum Gasteiger partial charge on any atom is -0.353 e. The number of amides is 2. The molecule has 1 fully saturated rings. The van der Waals surface area contributed by atoms with E-state index >= 15 is 0 Å². The van der Waals surface area contributed by atoms with Crippen molar-refractivity contribution in [3.8, 4) is 0 Å². The molecule has 1 N–H and O–H groups in total.